The predicted molar refractivity (Wildman–Crippen MR) is 154 cm³/mol. The number of hydrogen-bond donors (Lipinski definition) is 1. The molecule has 2 rings (SSSR count). The first kappa shape index (κ1) is 31.9. The number of carbonyl (C=O) groups is 3. The second kappa shape index (κ2) is 17.3. The fourth-order valence-electron chi connectivity index (χ4n) is 4.07. The molecule has 0 spiro atoms. The fourth-order valence-corrected chi connectivity index (χ4v) is 4.07. The summed E-state index contributed by atoms with van der Waals surface area (Å²) in [7, 11) is 0. The van der Waals surface area contributed by atoms with Crippen LogP contribution in [0.3, 0.4) is 0 Å². The molecule has 0 heterocycles. The lowest BCUT2D eigenvalue weighted by Crippen LogP contribution is -2.42. The van der Waals surface area contributed by atoms with Gasteiger partial charge in [0.25, 0.3) is 0 Å². The summed E-state index contributed by atoms with van der Waals surface area (Å²) in [5.74, 6) is -0.547. The van der Waals surface area contributed by atoms with Gasteiger partial charge in [0.05, 0.1) is 0 Å². The zero-order valence-electron chi connectivity index (χ0n) is 24.1. The van der Waals surface area contributed by atoms with Crippen molar-refractivity contribution in [2.24, 2.45) is 0 Å². The lowest BCUT2D eigenvalue weighted by Gasteiger charge is -2.22. The number of esters is 1. The standard InChI is InChI=1S/C32H46N2O5/c1-26(30(36)39-32(2,3)4)33-29(35)21-15-7-5-6-8-16-23-34(24-22-27-17-11-9-12-18-27)31(37)38-25-28-19-13-10-14-20-28/h9-14,17-20,26H,5-8,15-16,21-25H2,1-4H3,(H,33,35). The number of ether oxygens (including phenoxy) is 2. The zero-order chi connectivity index (χ0) is 28.5. The van der Waals surface area contributed by atoms with Crippen LogP contribution in [-0.2, 0) is 32.1 Å². The lowest BCUT2D eigenvalue weighted by molar-refractivity contribution is -0.158. The van der Waals surface area contributed by atoms with E-state index in [2.05, 4.69) is 17.4 Å². The fraction of sp³-hybridized carbons (Fsp3) is 0.531. The summed E-state index contributed by atoms with van der Waals surface area (Å²) in [4.78, 5) is 38.8. The Morgan fingerprint density at radius 3 is 1.97 bits per heavy atom. The third-order valence-electron chi connectivity index (χ3n) is 6.20. The number of carbonyl (C=O) groups excluding carboxylic acids is 3. The van der Waals surface area contributed by atoms with Crippen molar-refractivity contribution >= 4 is 18.0 Å². The number of nitrogens with zero attached hydrogens (tertiary/aromatic N) is 1. The molecule has 1 unspecified atom stereocenters. The predicted octanol–water partition coefficient (Wildman–Crippen LogP) is 6.45. The SMILES string of the molecule is CC(NC(=O)CCCCCCCCN(CCc1ccccc1)C(=O)OCc1ccccc1)C(=O)OC(C)(C)C. The summed E-state index contributed by atoms with van der Waals surface area (Å²) in [6.07, 6.45) is 6.62. The minimum atomic E-state index is -0.652. The molecule has 214 valence electrons. The third-order valence-corrected chi connectivity index (χ3v) is 6.20. The first-order valence-electron chi connectivity index (χ1n) is 14.2. The average molecular weight is 539 g/mol. The van der Waals surface area contributed by atoms with Crippen molar-refractivity contribution in [1.29, 1.82) is 0 Å². The number of unbranched alkanes of at least 4 members (excludes halogenated alkanes) is 5. The molecule has 2 amide bonds. The number of hydrogen-bond acceptors (Lipinski definition) is 5. The number of rotatable bonds is 16. The summed E-state index contributed by atoms with van der Waals surface area (Å²) in [6.45, 7) is 8.61. The molecule has 1 N–H and O–H groups in total. The second-order valence-electron chi connectivity index (χ2n) is 11.0. The maximum Gasteiger partial charge on any atom is 0.410 e. The van der Waals surface area contributed by atoms with Crippen LogP contribution in [0.4, 0.5) is 4.79 Å². The normalized spacial score (nSPS) is 11.9. The van der Waals surface area contributed by atoms with E-state index in [4.69, 9.17) is 9.47 Å². The van der Waals surface area contributed by atoms with Gasteiger partial charge in [0.1, 0.15) is 18.2 Å². The molecule has 0 aliphatic carbocycles. The molecule has 0 fully saturated rings. The third kappa shape index (κ3) is 14.4. The Morgan fingerprint density at radius 2 is 1.36 bits per heavy atom. The monoisotopic (exact) mass is 538 g/mol. The molecule has 2 aromatic carbocycles. The zero-order valence-corrected chi connectivity index (χ0v) is 24.1. The Bertz CT molecular complexity index is 989. The van der Waals surface area contributed by atoms with Crippen LogP contribution in [0.5, 0.6) is 0 Å². The molecule has 39 heavy (non-hydrogen) atoms. The molecule has 0 aliphatic rings. The number of benzene rings is 2. The van der Waals surface area contributed by atoms with Crippen LogP contribution in [0, 0.1) is 0 Å². The van der Waals surface area contributed by atoms with Gasteiger partial charge in [-0.1, -0.05) is 86.3 Å². The molecule has 0 aromatic heterocycles. The Balaban J connectivity index is 1.65. The van der Waals surface area contributed by atoms with Gasteiger partial charge in [-0.2, -0.15) is 0 Å². The molecule has 0 aliphatic heterocycles. The van der Waals surface area contributed by atoms with Gasteiger partial charge in [-0.3, -0.25) is 4.79 Å². The van der Waals surface area contributed by atoms with E-state index in [1.54, 1.807) is 27.7 Å². The molecule has 0 saturated carbocycles. The lowest BCUT2D eigenvalue weighted by atomic mass is 10.1. The van der Waals surface area contributed by atoms with E-state index < -0.39 is 17.6 Å². The Morgan fingerprint density at radius 1 is 0.795 bits per heavy atom. The summed E-state index contributed by atoms with van der Waals surface area (Å²) in [6, 6.07) is 19.2. The van der Waals surface area contributed by atoms with Crippen molar-refractivity contribution in [1.82, 2.24) is 10.2 Å². The van der Waals surface area contributed by atoms with Crippen LogP contribution in [0.25, 0.3) is 0 Å². The van der Waals surface area contributed by atoms with Crippen molar-refractivity contribution in [2.75, 3.05) is 13.1 Å². The Hall–Kier alpha value is -3.35. The molecule has 2 aromatic rings. The van der Waals surface area contributed by atoms with E-state index >= 15 is 0 Å². The van der Waals surface area contributed by atoms with Gasteiger partial charge >= 0.3 is 12.1 Å². The molecule has 1 atom stereocenters. The van der Waals surface area contributed by atoms with Gasteiger partial charge in [0.2, 0.25) is 5.91 Å². The van der Waals surface area contributed by atoms with Crippen LogP contribution in [0.15, 0.2) is 60.7 Å². The molecule has 0 saturated heterocycles. The summed E-state index contributed by atoms with van der Waals surface area (Å²) >= 11 is 0. The molecular weight excluding hydrogens is 492 g/mol. The van der Waals surface area contributed by atoms with Crippen molar-refractivity contribution in [3.63, 3.8) is 0 Å². The van der Waals surface area contributed by atoms with Crippen molar-refractivity contribution < 1.29 is 23.9 Å². The first-order chi connectivity index (χ1) is 18.6. The topological polar surface area (TPSA) is 84.9 Å². The number of nitrogens with one attached hydrogen (secondary N) is 1. The van der Waals surface area contributed by atoms with E-state index in [9.17, 15) is 14.4 Å². The average Bonchev–Trinajstić information content (AvgIpc) is 2.90. The van der Waals surface area contributed by atoms with E-state index in [1.807, 2.05) is 53.4 Å². The van der Waals surface area contributed by atoms with Gasteiger partial charge < -0.3 is 19.7 Å². The van der Waals surface area contributed by atoms with Crippen molar-refractivity contribution in [2.45, 2.75) is 97.3 Å². The van der Waals surface area contributed by atoms with E-state index in [1.165, 1.54) is 5.56 Å². The van der Waals surface area contributed by atoms with Gasteiger partial charge in [0.15, 0.2) is 0 Å². The minimum Gasteiger partial charge on any atom is -0.458 e. The Labute approximate surface area is 234 Å². The smallest absolute Gasteiger partial charge is 0.410 e. The van der Waals surface area contributed by atoms with Gasteiger partial charge in [0, 0.05) is 19.5 Å². The van der Waals surface area contributed by atoms with E-state index in [-0.39, 0.29) is 18.6 Å². The maximum atomic E-state index is 12.8. The Kier molecular flexibility index (Phi) is 14.1. The summed E-state index contributed by atoms with van der Waals surface area (Å²) in [5, 5.41) is 2.72. The van der Waals surface area contributed by atoms with E-state index in [0.717, 1.165) is 50.5 Å². The van der Waals surface area contributed by atoms with Gasteiger partial charge in [-0.05, 0) is 58.1 Å². The maximum absolute atomic E-state index is 12.8. The molecule has 0 radical (unpaired) electrons. The van der Waals surface area contributed by atoms with Crippen molar-refractivity contribution in [3.8, 4) is 0 Å². The molecule has 7 heteroatoms. The van der Waals surface area contributed by atoms with Crippen LogP contribution in [0.1, 0.15) is 83.8 Å². The molecule has 7 nitrogen and oxygen atoms in total. The van der Waals surface area contributed by atoms with E-state index in [0.29, 0.717) is 19.5 Å². The molecule has 0 bridgehead atoms. The van der Waals surface area contributed by atoms with Gasteiger partial charge in [-0.25, -0.2) is 9.59 Å². The number of amides is 2. The highest BCUT2D eigenvalue weighted by atomic mass is 16.6. The minimum absolute atomic E-state index is 0.128. The van der Waals surface area contributed by atoms with Crippen LogP contribution >= 0.6 is 0 Å². The van der Waals surface area contributed by atoms with Crippen LogP contribution in [0.2, 0.25) is 0 Å². The summed E-state index contributed by atoms with van der Waals surface area (Å²) in [5.41, 5.74) is 1.60. The molecular formula is C32H46N2O5. The second-order valence-corrected chi connectivity index (χ2v) is 11.0. The van der Waals surface area contributed by atoms with Crippen LogP contribution in [-0.4, -0.2) is 47.6 Å². The summed E-state index contributed by atoms with van der Waals surface area (Å²) < 4.78 is 10.9. The van der Waals surface area contributed by atoms with Crippen molar-refractivity contribution in [3.05, 3.63) is 71.8 Å². The highest BCUT2D eigenvalue weighted by Crippen LogP contribution is 2.12. The highest BCUT2D eigenvalue weighted by Gasteiger charge is 2.22. The first-order valence-corrected chi connectivity index (χ1v) is 14.2. The van der Waals surface area contributed by atoms with Crippen LogP contribution < -0.4 is 5.32 Å². The van der Waals surface area contributed by atoms with Gasteiger partial charge in [-0.15, -0.1) is 0 Å². The highest BCUT2D eigenvalue weighted by molar-refractivity contribution is 5.84. The largest absolute Gasteiger partial charge is 0.458 e. The quantitative estimate of drug-likeness (QED) is 0.196.